The Morgan fingerprint density at radius 3 is 2.56 bits per heavy atom. The molecule has 0 radical (unpaired) electrons. The first-order valence-electron chi connectivity index (χ1n) is 5.75. The van der Waals surface area contributed by atoms with E-state index in [0.29, 0.717) is 0 Å². The second kappa shape index (κ2) is 4.48. The predicted molar refractivity (Wildman–Crippen MR) is 67.9 cm³/mol. The van der Waals surface area contributed by atoms with E-state index in [1.165, 1.54) is 16.3 Å². The molecule has 2 aromatic rings. The molecule has 0 atom stereocenters. The Morgan fingerprint density at radius 1 is 1.12 bits per heavy atom. The van der Waals surface area contributed by atoms with Gasteiger partial charge in [-0.2, -0.15) is 0 Å². The quantitative estimate of drug-likeness (QED) is 0.703. The molecule has 0 aliphatic carbocycles. The van der Waals surface area contributed by atoms with Crippen LogP contribution in [0.4, 0.5) is 0 Å². The maximum atomic E-state index is 11.6. The van der Waals surface area contributed by atoms with Gasteiger partial charge in [-0.1, -0.05) is 49.7 Å². The molecule has 0 unspecified atom stereocenters. The van der Waals surface area contributed by atoms with Crippen LogP contribution in [0.5, 0.6) is 0 Å². The molecule has 0 aliphatic rings. The zero-order valence-electron chi connectivity index (χ0n) is 9.79. The molecule has 0 amide bonds. The van der Waals surface area contributed by atoms with Crippen LogP contribution in [0.25, 0.3) is 10.8 Å². The highest BCUT2D eigenvalue weighted by atomic mass is 16.1. The third-order valence-corrected chi connectivity index (χ3v) is 2.92. The van der Waals surface area contributed by atoms with Gasteiger partial charge in [0.05, 0.1) is 0 Å². The molecule has 1 heteroatoms. The van der Waals surface area contributed by atoms with Gasteiger partial charge in [0.1, 0.15) is 0 Å². The smallest absolute Gasteiger partial charge is 0.160 e. The number of ketones is 1. The maximum Gasteiger partial charge on any atom is 0.160 e. The summed E-state index contributed by atoms with van der Waals surface area (Å²) < 4.78 is 0. The van der Waals surface area contributed by atoms with E-state index in [-0.39, 0.29) is 5.78 Å². The minimum Gasteiger partial charge on any atom is -0.295 e. The molecule has 16 heavy (non-hydrogen) atoms. The molecule has 0 N–H and O–H groups in total. The van der Waals surface area contributed by atoms with Crippen LogP contribution in [-0.2, 0) is 6.42 Å². The van der Waals surface area contributed by atoms with Crippen molar-refractivity contribution in [3.05, 3.63) is 47.5 Å². The normalized spacial score (nSPS) is 10.6. The fraction of sp³-hybridized carbons (Fsp3) is 0.267. The van der Waals surface area contributed by atoms with Crippen molar-refractivity contribution >= 4 is 16.6 Å². The van der Waals surface area contributed by atoms with Gasteiger partial charge in [-0.15, -0.1) is 0 Å². The van der Waals surface area contributed by atoms with Crippen molar-refractivity contribution in [2.45, 2.75) is 26.7 Å². The summed E-state index contributed by atoms with van der Waals surface area (Å²) >= 11 is 0. The van der Waals surface area contributed by atoms with E-state index < -0.39 is 0 Å². The number of benzene rings is 2. The largest absolute Gasteiger partial charge is 0.295 e. The van der Waals surface area contributed by atoms with E-state index >= 15 is 0 Å². The first kappa shape index (κ1) is 10.9. The van der Waals surface area contributed by atoms with Crippen LogP contribution >= 0.6 is 0 Å². The molecule has 1 nitrogen and oxygen atoms in total. The highest BCUT2D eigenvalue weighted by Gasteiger charge is 2.09. The number of hydrogen-bond donors (Lipinski definition) is 0. The van der Waals surface area contributed by atoms with Gasteiger partial charge in [-0.3, -0.25) is 4.79 Å². The van der Waals surface area contributed by atoms with Gasteiger partial charge in [0, 0.05) is 5.56 Å². The van der Waals surface area contributed by atoms with Gasteiger partial charge in [-0.25, -0.2) is 0 Å². The fourth-order valence-corrected chi connectivity index (χ4v) is 2.19. The molecule has 82 valence electrons. The monoisotopic (exact) mass is 212 g/mol. The number of aryl methyl sites for hydroxylation is 1. The summed E-state index contributed by atoms with van der Waals surface area (Å²) in [5.41, 5.74) is 2.08. The lowest BCUT2D eigenvalue weighted by atomic mass is 9.94. The van der Waals surface area contributed by atoms with E-state index in [1.807, 2.05) is 24.3 Å². The number of carbonyl (C=O) groups is 1. The Kier molecular flexibility index (Phi) is 3.04. The van der Waals surface area contributed by atoms with Gasteiger partial charge in [0.15, 0.2) is 5.78 Å². The van der Waals surface area contributed by atoms with Crippen LogP contribution in [0.2, 0.25) is 0 Å². The summed E-state index contributed by atoms with van der Waals surface area (Å²) in [6, 6.07) is 12.3. The molecule has 0 aromatic heterocycles. The number of hydrogen-bond acceptors (Lipinski definition) is 1. The molecule has 0 bridgehead atoms. The van der Waals surface area contributed by atoms with E-state index in [1.54, 1.807) is 6.92 Å². The van der Waals surface area contributed by atoms with Crippen LogP contribution in [0.1, 0.15) is 36.2 Å². The Hall–Kier alpha value is -1.63. The molecule has 2 rings (SSSR count). The fourth-order valence-electron chi connectivity index (χ4n) is 2.19. The van der Waals surface area contributed by atoms with E-state index in [9.17, 15) is 4.79 Å². The van der Waals surface area contributed by atoms with E-state index in [2.05, 4.69) is 19.1 Å². The minimum absolute atomic E-state index is 0.161. The van der Waals surface area contributed by atoms with Crippen LogP contribution < -0.4 is 0 Å². The van der Waals surface area contributed by atoms with Crippen molar-refractivity contribution in [1.82, 2.24) is 0 Å². The number of carbonyl (C=O) groups excluding carboxylic acids is 1. The second-order valence-electron chi connectivity index (χ2n) is 4.12. The summed E-state index contributed by atoms with van der Waals surface area (Å²) in [4.78, 5) is 11.6. The molecular formula is C15H16O. The molecule has 0 heterocycles. The molecular weight excluding hydrogens is 196 g/mol. The minimum atomic E-state index is 0.161. The van der Waals surface area contributed by atoms with Crippen LogP contribution in [0.3, 0.4) is 0 Å². The van der Waals surface area contributed by atoms with Gasteiger partial charge >= 0.3 is 0 Å². The average molecular weight is 212 g/mol. The highest BCUT2D eigenvalue weighted by Crippen LogP contribution is 2.24. The third-order valence-electron chi connectivity index (χ3n) is 2.92. The zero-order chi connectivity index (χ0) is 11.5. The van der Waals surface area contributed by atoms with Crippen molar-refractivity contribution < 1.29 is 4.79 Å². The summed E-state index contributed by atoms with van der Waals surface area (Å²) in [7, 11) is 0. The first-order chi connectivity index (χ1) is 7.74. The van der Waals surface area contributed by atoms with Crippen molar-refractivity contribution in [3.8, 4) is 0 Å². The Bertz CT molecular complexity index is 526. The van der Waals surface area contributed by atoms with Gasteiger partial charge in [0.25, 0.3) is 0 Å². The summed E-state index contributed by atoms with van der Waals surface area (Å²) in [5, 5.41) is 2.44. The molecule has 0 saturated carbocycles. The third kappa shape index (κ3) is 1.85. The summed E-state index contributed by atoms with van der Waals surface area (Å²) in [6.45, 7) is 3.79. The molecule has 0 fully saturated rings. The number of fused-ring (bicyclic) bond motifs is 1. The van der Waals surface area contributed by atoms with Gasteiger partial charge < -0.3 is 0 Å². The Labute approximate surface area is 96.1 Å². The van der Waals surface area contributed by atoms with Crippen LogP contribution in [0, 0.1) is 0 Å². The average Bonchev–Trinajstić information content (AvgIpc) is 2.29. The van der Waals surface area contributed by atoms with Gasteiger partial charge in [0.2, 0.25) is 0 Å². The molecule has 0 spiro atoms. The zero-order valence-corrected chi connectivity index (χ0v) is 9.79. The SMILES string of the molecule is CCCc1c(C(C)=O)ccc2ccccc12. The van der Waals surface area contributed by atoms with Crippen molar-refractivity contribution in [3.63, 3.8) is 0 Å². The Balaban J connectivity index is 2.73. The first-order valence-corrected chi connectivity index (χ1v) is 5.75. The summed E-state index contributed by atoms with van der Waals surface area (Å²) in [6.07, 6.45) is 2.03. The van der Waals surface area contributed by atoms with E-state index in [0.717, 1.165) is 18.4 Å². The number of Topliss-reactive ketones (excluding diaryl/α,β-unsaturated/α-hetero) is 1. The Morgan fingerprint density at radius 2 is 1.88 bits per heavy atom. The van der Waals surface area contributed by atoms with Crippen LogP contribution in [-0.4, -0.2) is 5.78 Å². The maximum absolute atomic E-state index is 11.6. The lowest BCUT2D eigenvalue weighted by Gasteiger charge is -2.10. The highest BCUT2D eigenvalue weighted by molar-refractivity contribution is 6.01. The molecule has 0 saturated heterocycles. The molecule has 0 aliphatic heterocycles. The summed E-state index contributed by atoms with van der Waals surface area (Å²) in [5.74, 6) is 0.161. The van der Waals surface area contributed by atoms with Crippen molar-refractivity contribution in [2.75, 3.05) is 0 Å². The van der Waals surface area contributed by atoms with E-state index in [4.69, 9.17) is 0 Å². The van der Waals surface area contributed by atoms with Crippen LogP contribution in [0.15, 0.2) is 36.4 Å². The standard InChI is InChI=1S/C15H16O/c1-3-6-15-13(11(2)16)10-9-12-7-4-5-8-14(12)15/h4-5,7-10H,3,6H2,1-2H3. The lowest BCUT2D eigenvalue weighted by Crippen LogP contribution is -2.00. The second-order valence-corrected chi connectivity index (χ2v) is 4.12. The number of rotatable bonds is 3. The lowest BCUT2D eigenvalue weighted by molar-refractivity contribution is 0.101. The van der Waals surface area contributed by atoms with Gasteiger partial charge in [-0.05, 0) is 29.7 Å². The predicted octanol–water partition coefficient (Wildman–Crippen LogP) is 3.99. The molecule has 2 aromatic carbocycles. The van der Waals surface area contributed by atoms with Crippen molar-refractivity contribution in [2.24, 2.45) is 0 Å². The topological polar surface area (TPSA) is 17.1 Å². The van der Waals surface area contributed by atoms with Crippen molar-refractivity contribution in [1.29, 1.82) is 0 Å².